The third kappa shape index (κ3) is 7.80. The molecule has 0 saturated carbocycles. The van der Waals surface area contributed by atoms with Crippen molar-refractivity contribution in [2.24, 2.45) is 5.92 Å². The summed E-state index contributed by atoms with van der Waals surface area (Å²) >= 11 is 0. The Morgan fingerprint density at radius 3 is 2.55 bits per heavy atom. The first-order valence-corrected chi connectivity index (χ1v) is 10.5. The number of ether oxygens (including phenoxy) is 1. The summed E-state index contributed by atoms with van der Waals surface area (Å²) in [7, 11) is 0. The number of esters is 1. The van der Waals surface area contributed by atoms with E-state index in [1.54, 1.807) is 13.2 Å². The monoisotopic (exact) mass is 398 g/mol. The van der Waals surface area contributed by atoms with Gasteiger partial charge in [0.15, 0.2) is 11.5 Å². The second-order valence-corrected chi connectivity index (χ2v) is 8.07. The Morgan fingerprint density at radius 1 is 1.17 bits per heavy atom. The maximum atomic E-state index is 11.4. The molecule has 0 radical (unpaired) electrons. The van der Waals surface area contributed by atoms with Crippen LogP contribution in [0.1, 0.15) is 71.8 Å². The second kappa shape index (κ2) is 11.5. The van der Waals surface area contributed by atoms with Gasteiger partial charge in [0, 0.05) is 0 Å². The minimum Gasteiger partial charge on any atom is -0.504 e. The van der Waals surface area contributed by atoms with Crippen molar-refractivity contribution in [1.82, 2.24) is 0 Å². The fourth-order valence-corrected chi connectivity index (χ4v) is 3.33. The Balaban J connectivity index is 1.63. The van der Waals surface area contributed by atoms with Crippen molar-refractivity contribution in [1.29, 1.82) is 0 Å². The van der Waals surface area contributed by atoms with Crippen LogP contribution in [0.3, 0.4) is 0 Å². The van der Waals surface area contributed by atoms with Crippen molar-refractivity contribution in [2.75, 3.05) is 0 Å². The third-order valence-corrected chi connectivity index (χ3v) is 5.30. The lowest BCUT2D eigenvalue weighted by molar-refractivity contribution is -0.133. The quantitative estimate of drug-likeness (QED) is 0.323. The highest BCUT2D eigenvalue weighted by molar-refractivity contribution is 5.93. The van der Waals surface area contributed by atoms with Crippen LogP contribution < -0.4 is 0 Å². The first kappa shape index (κ1) is 22.8. The molecular formula is C25H34O4. The number of carbonyl (C=O) groups excluding carboxylic acids is 1. The van der Waals surface area contributed by atoms with Crippen LogP contribution in [-0.2, 0) is 16.0 Å². The molecule has 1 aliphatic heterocycles. The number of carbonyl (C=O) groups is 1. The molecule has 0 amide bonds. The van der Waals surface area contributed by atoms with Crippen LogP contribution in [0.4, 0.5) is 0 Å². The van der Waals surface area contributed by atoms with E-state index in [0.717, 1.165) is 44.9 Å². The minimum absolute atomic E-state index is 0.0221. The van der Waals surface area contributed by atoms with Gasteiger partial charge in [-0.25, -0.2) is 4.79 Å². The molecule has 1 aliphatic rings. The standard InChI is InChI=1S/C25H34O4/c1-18(8-5-9-19(2)11-7-13-22-14-15-28-17-22)10-6-12-20(3)16-23-24(26)21(4)25(27)29-23/h8,11,14-17,20,26H,5-7,9-10,12-13H2,1-4H3/b18-8+,19-11+,23-16-. The van der Waals surface area contributed by atoms with Gasteiger partial charge in [-0.05, 0) is 89.3 Å². The fourth-order valence-electron chi connectivity index (χ4n) is 3.33. The number of rotatable bonds is 11. The third-order valence-electron chi connectivity index (χ3n) is 5.30. The molecule has 4 nitrogen and oxygen atoms in total. The number of hydrogen-bond donors (Lipinski definition) is 1. The highest BCUT2D eigenvalue weighted by atomic mass is 16.6. The molecule has 1 N–H and O–H groups in total. The lowest BCUT2D eigenvalue weighted by Crippen LogP contribution is -1.97. The zero-order valence-corrected chi connectivity index (χ0v) is 18.2. The van der Waals surface area contributed by atoms with Gasteiger partial charge in [0.25, 0.3) is 0 Å². The largest absolute Gasteiger partial charge is 0.504 e. The molecule has 2 rings (SSSR count). The van der Waals surface area contributed by atoms with Crippen LogP contribution in [-0.4, -0.2) is 11.1 Å². The van der Waals surface area contributed by atoms with E-state index in [9.17, 15) is 9.90 Å². The average Bonchev–Trinajstić information content (AvgIpc) is 3.27. The van der Waals surface area contributed by atoms with E-state index < -0.39 is 5.97 Å². The first-order valence-electron chi connectivity index (χ1n) is 10.5. The maximum absolute atomic E-state index is 11.4. The van der Waals surface area contributed by atoms with E-state index in [1.165, 1.54) is 16.7 Å². The van der Waals surface area contributed by atoms with Crippen LogP contribution in [0.15, 0.2) is 69.5 Å². The zero-order chi connectivity index (χ0) is 21.2. The van der Waals surface area contributed by atoms with E-state index >= 15 is 0 Å². The van der Waals surface area contributed by atoms with Gasteiger partial charge in [-0.3, -0.25) is 0 Å². The molecule has 0 aliphatic carbocycles. The Morgan fingerprint density at radius 2 is 1.90 bits per heavy atom. The van der Waals surface area contributed by atoms with Gasteiger partial charge in [0.2, 0.25) is 0 Å². The van der Waals surface area contributed by atoms with Crippen molar-refractivity contribution >= 4 is 5.97 Å². The zero-order valence-electron chi connectivity index (χ0n) is 18.2. The van der Waals surface area contributed by atoms with Crippen molar-refractivity contribution in [3.63, 3.8) is 0 Å². The van der Waals surface area contributed by atoms with Gasteiger partial charge >= 0.3 is 5.97 Å². The van der Waals surface area contributed by atoms with E-state index in [1.807, 2.05) is 18.4 Å². The smallest absolute Gasteiger partial charge is 0.343 e. The Labute approximate surface area is 174 Å². The van der Waals surface area contributed by atoms with Gasteiger partial charge in [-0.1, -0.05) is 30.2 Å². The molecule has 0 aromatic carbocycles. The van der Waals surface area contributed by atoms with Crippen molar-refractivity contribution in [2.45, 2.75) is 72.6 Å². The first-order chi connectivity index (χ1) is 13.9. The highest BCUT2D eigenvalue weighted by Crippen LogP contribution is 2.26. The number of allylic oxidation sites excluding steroid dienone is 5. The summed E-state index contributed by atoms with van der Waals surface area (Å²) in [6.07, 6.45) is 17.4. The molecule has 158 valence electrons. The topological polar surface area (TPSA) is 59.7 Å². The van der Waals surface area contributed by atoms with Crippen LogP contribution in [0.25, 0.3) is 0 Å². The normalized spacial score (nSPS) is 17.9. The maximum Gasteiger partial charge on any atom is 0.343 e. The van der Waals surface area contributed by atoms with Gasteiger partial charge < -0.3 is 14.3 Å². The molecular weight excluding hydrogens is 364 g/mol. The molecule has 29 heavy (non-hydrogen) atoms. The predicted molar refractivity (Wildman–Crippen MR) is 116 cm³/mol. The molecule has 0 saturated heterocycles. The Bertz CT molecular complexity index is 791. The van der Waals surface area contributed by atoms with Crippen LogP contribution in [0.5, 0.6) is 0 Å². The molecule has 1 atom stereocenters. The molecule has 2 heterocycles. The molecule has 0 fully saturated rings. The summed E-state index contributed by atoms with van der Waals surface area (Å²) in [5.41, 5.74) is 4.39. The minimum atomic E-state index is -0.453. The SMILES string of the molecule is CC1=C(O)/C(=C/C(C)CCC/C(C)=C/CC/C(C)=C/CCc2ccoc2)OC1=O. The van der Waals surface area contributed by atoms with Gasteiger partial charge in [0.05, 0.1) is 18.1 Å². The van der Waals surface area contributed by atoms with Crippen LogP contribution in [0, 0.1) is 5.92 Å². The lowest BCUT2D eigenvalue weighted by atomic mass is 9.99. The summed E-state index contributed by atoms with van der Waals surface area (Å²) < 4.78 is 10.2. The molecule has 1 aromatic rings. The number of hydrogen-bond acceptors (Lipinski definition) is 4. The van der Waals surface area contributed by atoms with Gasteiger partial charge in [-0.15, -0.1) is 0 Å². The average molecular weight is 399 g/mol. The molecule has 1 aromatic heterocycles. The lowest BCUT2D eigenvalue weighted by Gasteiger charge is -2.08. The number of aliphatic hydroxyl groups excluding tert-OH is 1. The van der Waals surface area contributed by atoms with Crippen molar-refractivity contribution < 1.29 is 19.1 Å². The van der Waals surface area contributed by atoms with E-state index in [0.29, 0.717) is 5.76 Å². The van der Waals surface area contributed by atoms with Crippen LogP contribution in [0.2, 0.25) is 0 Å². The number of furan rings is 1. The fraction of sp³-hybridized carbons (Fsp3) is 0.480. The van der Waals surface area contributed by atoms with Gasteiger partial charge in [0.1, 0.15) is 0 Å². The predicted octanol–water partition coefficient (Wildman–Crippen LogP) is 6.96. The summed E-state index contributed by atoms with van der Waals surface area (Å²) in [6, 6.07) is 2.02. The summed E-state index contributed by atoms with van der Waals surface area (Å²) in [5.74, 6) is 0.0815. The van der Waals surface area contributed by atoms with Crippen LogP contribution >= 0.6 is 0 Å². The van der Waals surface area contributed by atoms with E-state index in [4.69, 9.17) is 9.15 Å². The summed E-state index contributed by atoms with van der Waals surface area (Å²) in [4.78, 5) is 11.4. The number of cyclic esters (lactones) is 1. The molecule has 0 spiro atoms. The highest BCUT2D eigenvalue weighted by Gasteiger charge is 2.26. The summed E-state index contributed by atoms with van der Waals surface area (Å²) in [5, 5.41) is 9.88. The Kier molecular flexibility index (Phi) is 9.04. The van der Waals surface area contributed by atoms with E-state index in [-0.39, 0.29) is 17.3 Å². The van der Waals surface area contributed by atoms with Gasteiger partial charge in [-0.2, -0.15) is 0 Å². The van der Waals surface area contributed by atoms with Crippen molar-refractivity contribution in [3.05, 3.63) is 70.6 Å². The van der Waals surface area contributed by atoms with E-state index in [2.05, 4.69) is 32.9 Å². The molecule has 0 bridgehead atoms. The van der Waals surface area contributed by atoms with Crippen molar-refractivity contribution in [3.8, 4) is 0 Å². The molecule has 1 unspecified atom stereocenters. The number of aryl methyl sites for hydroxylation is 1. The Hall–Kier alpha value is -2.49. The molecule has 4 heteroatoms. The number of aliphatic hydroxyl groups is 1. The second-order valence-electron chi connectivity index (χ2n) is 8.07. The summed E-state index contributed by atoms with van der Waals surface area (Å²) in [6.45, 7) is 8.05.